The third-order valence-corrected chi connectivity index (χ3v) is 4.36. The first-order chi connectivity index (χ1) is 8.37. The molecule has 1 aromatic carbocycles. The summed E-state index contributed by atoms with van der Waals surface area (Å²) in [6.45, 7) is 0. The van der Waals surface area contributed by atoms with E-state index in [0.717, 1.165) is 10.0 Å². The molecular formula is C13H15BrClF2N. The van der Waals surface area contributed by atoms with Crippen molar-refractivity contribution in [2.24, 2.45) is 11.7 Å². The van der Waals surface area contributed by atoms with Gasteiger partial charge in [-0.3, -0.25) is 0 Å². The number of hydrogen-bond donors (Lipinski definition) is 1. The van der Waals surface area contributed by atoms with Crippen molar-refractivity contribution < 1.29 is 8.78 Å². The van der Waals surface area contributed by atoms with E-state index in [0.29, 0.717) is 17.9 Å². The highest BCUT2D eigenvalue weighted by molar-refractivity contribution is 9.10. The number of hydrogen-bond acceptors (Lipinski definition) is 1. The number of benzene rings is 1. The number of nitrogens with two attached hydrogens (primary N) is 1. The van der Waals surface area contributed by atoms with Crippen molar-refractivity contribution in [3.8, 4) is 0 Å². The molecule has 1 nitrogen and oxygen atoms in total. The Balaban J connectivity index is 2.01. The van der Waals surface area contributed by atoms with Crippen LogP contribution in [0.15, 0.2) is 22.7 Å². The monoisotopic (exact) mass is 337 g/mol. The summed E-state index contributed by atoms with van der Waals surface area (Å²) in [7, 11) is 0. The molecule has 1 fully saturated rings. The second-order valence-corrected chi connectivity index (χ2v) is 6.29. The number of halogens is 4. The zero-order chi connectivity index (χ0) is 13.3. The predicted octanol–water partition coefficient (Wildman–Crippen LogP) is 4.41. The molecule has 2 N–H and O–H groups in total. The summed E-state index contributed by atoms with van der Waals surface area (Å²) < 4.78 is 27.2. The van der Waals surface area contributed by atoms with Crippen molar-refractivity contribution in [2.75, 3.05) is 0 Å². The maximum atomic E-state index is 13.1. The molecule has 0 amide bonds. The molecule has 0 radical (unpaired) electrons. The van der Waals surface area contributed by atoms with E-state index in [-0.39, 0.29) is 24.8 Å². The van der Waals surface area contributed by atoms with Gasteiger partial charge in [0.05, 0.1) is 0 Å². The van der Waals surface area contributed by atoms with Crippen LogP contribution in [0.4, 0.5) is 8.78 Å². The van der Waals surface area contributed by atoms with E-state index in [9.17, 15) is 8.78 Å². The largest absolute Gasteiger partial charge is 0.327 e. The summed E-state index contributed by atoms with van der Waals surface area (Å²) in [6, 6.07) is 5.32. The average Bonchev–Trinajstić information content (AvgIpc) is 2.63. The van der Waals surface area contributed by atoms with Crippen LogP contribution in [0, 0.1) is 5.92 Å². The Hall–Kier alpha value is -0.190. The van der Waals surface area contributed by atoms with Gasteiger partial charge in [0.1, 0.15) is 0 Å². The molecule has 100 valence electrons. The van der Waals surface area contributed by atoms with Gasteiger partial charge in [0.15, 0.2) is 0 Å². The van der Waals surface area contributed by atoms with E-state index >= 15 is 0 Å². The zero-order valence-corrected chi connectivity index (χ0v) is 12.1. The molecule has 2 atom stereocenters. The molecule has 0 spiro atoms. The van der Waals surface area contributed by atoms with E-state index in [1.54, 1.807) is 6.07 Å². The molecule has 0 aliphatic heterocycles. The lowest BCUT2D eigenvalue weighted by molar-refractivity contribution is 0.00393. The molecular weight excluding hydrogens is 324 g/mol. The Morgan fingerprint density at radius 1 is 1.50 bits per heavy atom. The lowest BCUT2D eigenvalue weighted by Crippen LogP contribution is -2.31. The summed E-state index contributed by atoms with van der Waals surface area (Å²) in [5, 5.41) is 0.629. The quantitative estimate of drug-likeness (QED) is 0.868. The van der Waals surface area contributed by atoms with E-state index in [1.165, 1.54) is 0 Å². The van der Waals surface area contributed by atoms with E-state index in [1.807, 2.05) is 12.1 Å². The predicted molar refractivity (Wildman–Crippen MR) is 73.1 cm³/mol. The van der Waals surface area contributed by atoms with Gasteiger partial charge in [-0.25, -0.2) is 8.78 Å². The average molecular weight is 339 g/mol. The van der Waals surface area contributed by atoms with Gasteiger partial charge in [-0.15, -0.1) is 0 Å². The van der Waals surface area contributed by atoms with Gasteiger partial charge < -0.3 is 5.73 Å². The summed E-state index contributed by atoms with van der Waals surface area (Å²) in [4.78, 5) is 0. The van der Waals surface area contributed by atoms with Gasteiger partial charge in [0.2, 0.25) is 5.92 Å². The van der Waals surface area contributed by atoms with Gasteiger partial charge in [-0.05, 0) is 36.5 Å². The molecule has 5 heteroatoms. The third-order valence-electron chi connectivity index (χ3n) is 3.52. The summed E-state index contributed by atoms with van der Waals surface area (Å²) >= 11 is 9.43. The van der Waals surface area contributed by atoms with Crippen molar-refractivity contribution in [1.29, 1.82) is 0 Å². The number of rotatable bonds is 3. The highest BCUT2D eigenvalue weighted by atomic mass is 79.9. The highest BCUT2D eigenvalue weighted by Gasteiger charge is 2.41. The molecule has 0 heterocycles. The molecule has 0 saturated heterocycles. The summed E-state index contributed by atoms with van der Waals surface area (Å²) in [5.74, 6) is -2.65. The van der Waals surface area contributed by atoms with Gasteiger partial charge in [0.25, 0.3) is 0 Å². The minimum absolute atomic E-state index is 0.0422. The molecule has 1 aliphatic carbocycles. The SMILES string of the molecule is NC(Cc1ccc(Br)cc1Cl)C1CCC(F)(F)C1. The molecule has 2 unspecified atom stereocenters. The summed E-state index contributed by atoms with van der Waals surface area (Å²) in [5.41, 5.74) is 6.95. The van der Waals surface area contributed by atoms with Gasteiger partial charge in [-0.1, -0.05) is 33.6 Å². The van der Waals surface area contributed by atoms with E-state index in [2.05, 4.69) is 15.9 Å². The Morgan fingerprint density at radius 2 is 2.22 bits per heavy atom. The Bertz CT molecular complexity index is 439. The maximum absolute atomic E-state index is 13.1. The second kappa shape index (κ2) is 5.43. The fourth-order valence-electron chi connectivity index (χ4n) is 2.46. The molecule has 18 heavy (non-hydrogen) atoms. The normalized spacial score (nSPS) is 24.2. The van der Waals surface area contributed by atoms with Crippen LogP contribution in [0.5, 0.6) is 0 Å². The molecule has 1 aromatic rings. The first kappa shape index (κ1) is 14.2. The standard InChI is InChI=1S/C13H15BrClF2N/c14-10-2-1-8(11(15)6-10)5-12(18)9-3-4-13(16,17)7-9/h1-2,6,9,12H,3-5,7,18H2. The minimum atomic E-state index is -2.54. The first-order valence-corrected chi connectivity index (χ1v) is 7.12. The van der Waals surface area contributed by atoms with Crippen LogP contribution < -0.4 is 5.73 Å². The van der Waals surface area contributed by atoms with E-state index in [4.69, 9.17) is 17.3 Å². The fraction of sp³-hybridized carbons (Fsp3) is 0.538. The number of alkyl halides is 2. The zero-order valence-electron chi connectivity index (χ0n) is 9.80. The van der Waals surface area contributed by atoms with E-state index < -0.39 is 5.92 Å². The molecule has 1 saturated carbocycles. The lowest BCUT2D eigenvalue weighted by Gasteiger charge is -2.19. The van der Waals surface area contributed by atoms with Crippen LogP contribution in [0.1, 0.15) is 24.8 Å². The van der Waals surface area contributed by atoms with Crippen LogP contribution in [0.3, 0.4) is 0 Å². The van der Waals surface area contributed by atoms with Crippen LogP contribution in [0.25, 0.3) is 0 Å². The fourth-order valence-corrected chi connectivity index (χ4v) is 3.21. The van der Waals surface area contributed by atoms with Crippen molar-refractivity contribution in [3.05, 3.63) is 33.3 Å². The Morgan fingerprint density at radius 3 is 2.78 bits per heavy atom. The van der Waals surface area contributed by atoms with Crippen molar-refractivity contribution in [2.45, 2.75) is 37.6 Å². The third kappa shape index (κ3) is 3.43. The van der Waals surface area contributed by atoms with Crippen molar-refractivity contribution in [1.82, 2.24) is 0 Å². The van der Waals surface area contributed by atoms with Crippen molar-refractivity contribution >= 4 is 27.5 Å². The van der Waals surface area contributed by atoms with Crippen molar-refractivity contribution in [3.63, 3.8) is 0 Å². The topological polar surface area (TPSA) is 26.0 Å². The smallest absolute Gasteiger partial charge is 0.248 e. The van der Waals surface area contributed by atoms with Gasteiger partial charge in [-0.2, -0.15) is 0 Å². The molecule has 0 aromatic heterocycles. The van der Waals surface area contributed by atoms with Crippen LogP contribution in [0.2, 0.25) is 5.02 Å². The van der Waals surface area contributed by atoms with Crippen LogP contribution in [-0.4, -0.2) is 12.0 Å². The van der Waals surface area contributed by atoms with Crippen LogP contribution >= 0.6 is 27.5 Å². The summed E-state index contributed by atoms with van der Waals surface area (Å²) in [6.07, 6.45) is 0.914. The molecule has 0 bridgehead atoms. The highest BCUT2D eigenvalue weighted by Crippen LogP contribution is 2.40. The molecule has 2 rings (SSSR count). The van der Waals surface area contributed by atoms with Gasteiger partial charge >= 0.3 is 0 Å². The second-order valence-electron chi connectivity index (χ2n) is 4.96. The van der Waals surface area contributed by atoms with Gasteiger partial charge in [0, 0.05) is 28.4 Å². The van der Waals surface area contributed by atoms with Crippen LogP contribution in [-0.2, 0) is 6.42 Å². The first-order valence-electron chi connectivity index (χ1n) is 5.95. The molecule has 1 aliphatic rings. The Labute approximate surface area is 119 Å². The maximum Gasteiger partial charge on any atom is 0.248 e. The minimum Gasteiger partial charge on any atom is -0.327 e. The lowest BCUT2D eigenvalue weighted by atomic mass is 9.93. The Kier molecular flexibility index (Phi) is 4.29.